The summed E-state index contributed by atoms with van der Waals surface area (Å²) in [5, 5.41) is 4.25. The van der Waals surface area contributed by atoms with Gasteiger partial charge in [-0.3, -0.25) is 0 Å². The van der Waals surface area contributed by atoms with Gasteiger partial charge in [-0.25, -0.2) is 0 Å². The molecule has 0 amide bonds. The highest BCUT2D eigenvalue weighted by Crippen LogP contribution is 2.49. The molecule has 0 aromatic carbocycles. The third kappa shape index (κ3) is 1.11. The summed E-state index contributed by atoms with van der Waals surface area (Å²) in [6.45, 7) is 11.2. The molecule has 1 fully saturated rings. The van der Waals surface area contributed by atoms with Crippen LogP contribution >= 0.6 is 0 Å². The van der Waals surface area contributed by atoms with E-state index in [4.69, 9.17) is 4.84 Å². The van der Waals surface area contributed by atoms with E-state index in [-0.39, 0.29) is 5.41 Å². The number of fused-ring (bicyclic) bond motifs is 1. The Hall–Kier alpha value is -0.530. The molecule has 1 heterocycles. The summed E-state index contributed by atoms with van der Waals surface area (Å²) in [7, 11) is 0. The molecule has 0 saturated heterocycles. The summed E-state index contributed by atoms with van der Waals surface area (Å²) in [5.74, 6) is 2.01. The van der Waals surface area contributed by atoms with E-state index in [1.165, 1.54) is 5.71 Å². The zero-order valence-corrected chi connectivity index (χ0v) is 9.16. The summed E-state index contributed by atoms with van der Waals surface area (Å²) in [6, 6.07) is 0. The Morgan fingerprint density at radius 3 is 2.31 bits per heavy atom. The van der Waals surface area contributed by atoms with Crippen molar-refractivity contribution in [2.45, 2.75) is 40.7 Å². The van der Waals surface area contributed by atoms with Crippen molar-refractivity contribution in [3.8, 4) is 0 Å². The van der Waals surface area contributed by atoms with Crippen LogP contribution in [-0.2, 0) is 4.84 Å². The lowest BCUT2D eigenvalue weighted by Gasteiger charge is -2.44. The standard InChI is InChI=1S/C11H19NO/c1-6-7(2)9-8(6)10(12-13-9)11(3,4)5/h6-9H,1-5H3/t6-,7+,8+,9-/m0/s1. The van der Waals surface area contributed by atoms with Crippen molar-refractivity contribution in [3.63, 3.8) is 0 Å². The molecule has 1 saturated carbocycles. The number of oxime groups is 1. The molecular weight excluding hydrogens is 162 g/mol. The zero-order chi connectivity index (χ0) is 9.80. The molecular formula is C11H19NO. The smallest absolute Gasteiger partial charge is 0.138 e. The molecule has 0 N–H and O–H groups in total. The van der Waals surface area contributed by atoms with Crippen LogP contribution in [0.5, 0.6) is 0 Å². The second-order valence-corrected chi connectivity index (χ2v) is 5.54. The van der Waals surface area contributed by atoms with Crippen LogP contribution in [0, 0.1) is 23.2 Å². The third-order valence-corrected chi connectivity index (χ3v) is 3.62. The fourth-order valence-electron chi connectivity index (χ4n) is 2.49. The minimum Gasteiger partial charge on any atom is -0.392 e. The van der Waals surface area contributed by atoms with Crippen molar-refractivity contribution in [1.82, 2.24) is 0 Å². The predicted molar refractivity (Wildman–Crippen MR) is 53.6 cm³/mol. The Kier molecular flexibility index (Phi) is 1.73. The van der Waals surface area contributed by atoms with E-state index in [9.17, 15) is 0 Å². The minimum atomic E-state index is 0.174. The van der Waals surface area contributed by atoms with E-state index >= 15 is 0 Å². The lowest BCUT2D eigenvalue weighted by atomic mass is 9.59. The summed E-state index contributed by atoms with van der Waals surface area (Å²) < 4.78 is 0. The molecule has 4 atom stereocenters. The number of hydrogen-bond acceptors (Lipinski definition) is 2. The van der Waals surface area contributed by atoms with E-state index in [1.54, 1.807) is 0 Å². The fraction of sp³-hybridized carbons (Fsp3) is 0.909. The van der Waals surface area contributed by atoms with Crippen LogP contribution in [0.3, 0.4) is 0 Å². The van der Waals surface area contributed by atoms with Gasteiger partial charge in [0.2, 0.25) is 0 Å². The van der Waals surface area contributed by atoms with Gasteiger partial charge in [0.1, 0.15) is 6.10 Å². The predicted octanol–water partition coefficient (Wildman–Crippen LogP) is 2.69. The highest BCUT2D eigenvalue weighted by molar-refractivity contribution is 5.93. The van der Waals surface area contributed by atoms with E-state index in [1.807, 2.05) is 0 Å². The minimum absolute atomic E-state index is 0.174. The molecule has 0 bridgehead atoms. The van der Waals surface area contributed by atoms with Crippen LogP contribution in [0.1, 0.15) is 34.6 Å². The van der Waals surface area contributed by atoms with Crippen molar-refractivity contribution in [2.24, 2.45) is 28.3 Å². The Labute approximate surface area is 80.3 Å². The Morgan fingerprint density at radius 1 is 1.15 bits per heavy atom. The van der Waals surface area contributed by atoms with Gasteiger partial charge in [-0.15, -0.1) is 0 Å². The lowest BCUT2D eigenvalue weighted by Crippen LogP contribution is -2.51. The molecule has 2 aliphatic rings. The first kappa shape index (κ1) is 9.04. The Morgan fingerprint density at radius 2 is 1.77 bits per heavy atom. The topological polar surface area (TPSA) is 21.6 Å². The molecule has 1 aliphatic carbocycles. The first-order valence-corrected chi connectivity index (χ1v) is 5.17. The van der Waals surface area contributed by atoms with Crippen LogP contribution < -0.4 is 0 Å². The summed E-state index contributed by atoms with van der Waals surface area (Å²) >= 11 is 0. The second-order valence-electron chi connectivity index (χ2n) is 5.54. The van der Waals surface area contributed by atoms with Crippen molar-refractivity contribution in [1.29, 1.82) is 0 Å². The second kappa shape index (κ2) is 2.49. The molecule has 0 radical (unpaired) electrons. The molecule has 1 aliphatic heterocycles. The van der Waals surface area contributed by atoms with Gasteiger partial charge in [0.25, 0.3) is 0 Å². The summed E-state index contributed by atoms with van der Waals surface area (Å²) in [5.41, 5.74) is 1.44. The number of rotatable bonds is 0. The average Bonchev–Trinajstić information content (AvgIpc) is 2.42. The SMILES string of the molecule is C[C@@H]1[C@H](C)[C@H]2C(C(C)(C)C)=NO[C@@H]12. The van der Waals surface area contributed by atoms with Crippen molar-refractivity contribution in [3.05, 3.63) is 0 Å². The van der Waals surface area contributed by atoms with Crippen LogP contribution in [-0.4, -0.2) is 11.8 Å². The van der Waals surface area contributed by atoms with Crippen LogP contribution in [0.2, 0.25) is 0 Å². The highest BCUT2D eigenvalue weighted by Gasteiger charge is 2.55. The quantitative estimate of drug-likeness (QED) is 0.563. The lowest BCUT2D eigenvalue weighted by molar-refractivity contribution is -0.0764. The van der Waals surface area contributed by atoms with Crippen molar-refractivity contribution >= 4 is 5.71 Å². The maximum Gasteiger partial charge on any atom is 0.138 e. The van der Waals surface area contributed by atoms with E-state index in [0.717, 1.165) is 5.92 Å². The highest BCUT2D eigenvalue weighted by atomic mass is 16.6. The average molecular weight is 181 g/mol. The summed E-state index contributed by atoms with van der Waals surface area (Å²) in [4.78, 5) is 5.46. The fourth-order valence-corrected chi connectivity index (χ4v) is 2.49. The maximum atomic E-state index is 5.46. The first-order chi connectivity index (χ1) is 5.93. The van der Waals surface area contributed by atoms with Gasteiger partial charge in [0.05, 0.1) is 5.71 Å². The van der Waals surface area contributed by atoms with Crippen LogP contribution in [0.15, 0.2) is 5.16 Å². The maximum absolute atomic E-state index is 5.46. The van der Waals surface area contributed by atoms with Gasteiger partial charge < -0.3 is 4.84 Å². The van der Waals surface area contributed by atoms with Crippen molar-refractivity contribution < 1.29 is 4.84 Å². The summed E-state index contributed by atoms with van der Waals surface area (Å²) in [6.07, 6.45) is 0.379. The van der Waals surface area contributed by atoms with E-state index < -0.39 is 0 Å². The largest absolute Gasteiger partial charge is 0.392 e. The normalized spacial score (nSPS) is 43.3. The van der Waals surface area contributed by atoms with Crippen LogP contribution in [0.25, 0.3) is 0 Å². The number of hydrogen-bond donors (Lipinski definition) is 0. The Balaban J connectivity index is 2.18. The molecule has 13 heavy (non-hydrogen) atoms. The van der Waals surface area contributed by atoms with Gasteiger partial charge in [-0.05, 0) is 11.8 Å². The molecule has 2 rings (SSSR count). The van der Waals surface area contributed by atoms with Gasteiger partial charge in [-0.2, -0.15) is 0 Å². The van der Waals surface area contributed by atoms with Gasteiger partial charge in [0.15, 0.2) is 0 Å². The molecule has 2 nitrogen and oxygen atoms in total. The molecule has 0 aromatic heterocycles. The molecule has 0 spiro atoms. The molecule has 0 unspecified atom stereocenters. The zero-order valence-electron chi connectivity index (χ0n) is 9.16. The molecule has 74 valence electrons. The number of nitrogens with zero attached hydrogens (tertiary/aromatic N) is 1. The van der Waals surface area contributed by atoms with E-state index in [0.29, 0.717) is 17.9 Å². The molecule has 0 aromatic rings. The Bertz CT molecular complexity index is 251. The monoisotopic (exact) mass is 181 g/mol. The van der Waals surface area contributed by atoms with E-state index in [2.05, 4.69) is 39.8 Å². The van der Waals surface area contributed by atoms with Gasteiger partial charge in [0, 0.05) is 11.3 Å². The van der Waals surface area contributed by atoms with Crippen LogP contribution in [0.4, 0.5) is 0 Å². The third-order valence-electron chi connectivity index (χ3n) is 3.62. The van der Waals surface area contributed by atoms with Gasteiger partial charge >= 0.3 is 0 Å². The van der Waals surface area contributed by atoms with Gasteiger partial charge in [-0.1, -0.05) is 39.8 Å². The first-order valence-electron chi connectivity index (χ1n) is 5.17. The molecule has 2 heteroatoms. The van der Waals surface area contributed by atoms with Crippen molar-refractivity contribution in [2.75, 3.05) is 0 Å².